The summed E-state index contributed by atoms with van der Waals surface area (Å²) in [5.74, 6) is 0.474. The minimum atomic E-state index is -0.385. The fourth-order valence-corrected chi connectivity index (χ4v) is 3.04. The fraction of sp³-hybridized carbons (Fsp3) is 0.286. The minimum Gasteiger partial charge on any atom is -0.496 e. The Labute approximate surface area is 121 Å². The lowest BCUT2D eigenvalue weighted by Crippen LogP contribution is -2.17. The van der Waals surface area contributed by atoms with Crippen LogP contribution in [0.5, 0.6) is 5.75 Å². The van der Waals surface area contributed by atoms with Crippen LogP contribution in [0.4, 0.5) is 4.39 Å². The number of ether oxygens (including phenoxy) is 1. The van der Waals surface area contributed by atoms with Gasteiger partial charge in [0.2, 0.25) is 0 Å². The molecule has 0 saturated carbocycles. The van der Waals surface area contributed by atoms with Crippen molar-refractivity contribution in [3.05, 3.63) is 50.9 Å². The molecule has 1 N–H and O–H groups in total. The average molecular weight is 300 g/mol. The molecule has 1 aromatic heterocycles. The van der Waals surface area contributed by atoms with Gasteiger partial charge in [-0.1, -0.05) is 17.7 Å². The van der Waals surface area contributed by atoms with Gasteiger partial charge in [0, 0.05) is 16.3 Å². The first kappa shape index (κ1) is 14.3. The number of halogens is 2. The van der Waals surface area contributed by atoms with Gasteiger partial charge in [0.05, 0.1) is 12.1 Å². The lowest BCUT2D eigenvalue weighted by molar-refractivity contribution is 0.416. The molecule has 2 aromatic rings. The van der Waals surface area contributed by atoms with E-state index in [-0.39, 0.29) is 16.9 Å². The maximum Gasteiger partial charge on any atom is 0.141 e. The van der Waals surface area contributed by atoms with Crippen LogP contribution in [-0.2, 0) is 6.42 Å². The zero-order valence-electron chi connectivity index (χ0n) is 10.7. The monoisotopic (exact) mass is 299 g/mol. The van der Waals surface area contributed by atoms with Crippen molar-refractivity contribution in [2.45, 2.75) is 12.5 Å². The molecule has 0 radical (unpaired) electrons. The fourth-order valence-electron chi connectivity index (χ4n) is 1.87. The lowest BCUT2D eigenvalue weighted by Gasteiger charge is -2.14. The molecule has 1 aromatic carbocycles. The number of nitrogens with one attached hydrogen (secondary N) is 1. The van der Waals surface area contributed by atoms with Crippen molar-refractivity contribution in [2.24, 2.45) is 0 Å². The van der Waals surface area contributed by atoms with Crippen LogP contribution in [0.25, 0.3) is 0 Å². The van der Waals surface area contributed by atoms with Gasteiger partial charge in [-0.2, -0.15) is 0 Å². The summed E-state index contributed by atoms with van der Waals surface area (Å²) in [6.45, 7) is 0. The third-order valence-electron chi connectivity index (χ3n) is 2.95. The smallest absolute Gasteiger partial charge is 0.141 e. The van der Waals surface area contributed by atoms with Gasteiger partial charge in [-0.25, -0.2) is 4.39 Å². The Hall–Kier alpha value is -1.10. The predicted octanol–water partition coefficient (Wildman–Crippen LogP) is 4.05. The molecule has 0 bridgehead atoms. The number of thiophene rings is 1. The second kappa shape index (κ2) is 6.37. The highest BCUT2D eigenvalue weighted by atomic mass is 35.5. The highest BCUT2D eigenvalue weighted by Crippen LogP contribution is 2.29. The summed E-state index contributed by atoms with van der Waals surface area (Å²) < 4.78 is 18.3. The van der Waals surface area contributed by atoms with E-state index < -0.39 is 0 Å². The van der Waals surface area contributed by atoms with Crippen LogP contribution in [0.2, 0.25) is 5.02 Å². The molecule has 0 aliphatic rings. The van der Waals surface area contributed by atoms with E-state index in [0.717, 1.165) is 17.7 Å². The molecule has 0 spiro atoms. The van der Waals surface area contributed by atoms with E-state index in [1.807, 2.05) is 18.5 Å². The molecule has 1 heterocycles. The zero-order valence-corrected chi connectivity index (χ0v) is 12.3. The SMILES string of the molecule is CNC(Cc1ccc(F)c(Cl)c1)c1cc(OC)cs1. The van der Waals surface area contributed by atoms with Crippen LogP contribution in [0.1, 0.15) is 16.5 Å². The van der Waals surface area contributed by atoms with Gasteiger partial charge in [-0.15, -0.1) is 11.3 Å². The molecular weight excluding hydrogens is 285 g/mol. The zero-order chi connectivity index (χ0) is 13.8. The summed E-state index contributed by atoms with van der Waals surface area (Å²) in [6, 6.07) is 7.01. The van der Waals surface area contributed by atoms with Crippen molar-refractivity contribution in [1.82, 2.24) is 5.32 Å². The predicted molar refractivity (Wildman–Crippen MR) is 77.8 cm³/mol. The molecule has 2 rings (SSSR count). The molecule has 1 unspecified atom stereocenters. The minimum absolute atomic E-state index is 0.162. The van der Waals surface area contributed by atoms with Gasteiger partial charge >= 0.3 is 0 Å². The van der Waals surface area contributed by atoms with E-state index in [0.29, 0.717) is 0 Å². The Bertz CT molecular complexity index is 558. The molecule has 2 nitrogen and oxygen atoms in total. The Balaban J connectivity index is 2.16. The highest BCUT2D eigenvalue weighted by molar-refractivity contribution is 7.10. The summed E-state index contributed by atoms with van der Waals surface area (Å²) in [6.07, 6.45) is 0.750. The molecule has 1 atom stereocenters. The number of benzene rings is 1. The summed E-state index contributed by atoms with van der Waals surface area (Å²) in [7, 11) is 3.56. The number of methoxy groups -OCH3 is 1. The summed E-state index contributed by atoms with van der Waals surface area (Å²) in [5, 5.41) is 5.39. The molecule has 0 amide bonds. The molecule has 0 fully saturated rings. The van der Waals surface area contributed by atoms with Crippen LogP contribution < -0.4 is 10.1 Å². The van der Waals surface area contributed by atoms with Gasteiger partial charge < -0.3 is 10.1 Å². The van der Waals surface area contributed by atoms with Crippen molar-refractivity contribution >= 4 is 22.9 Å². The Kier molecular flexibility index (Phi) is 4.80. The van der Waals surface area contributed by atoms with E-state index in [1.165, 1.54) is 10.9 Å². The van der Waals surface area contributed by atoms with E-state index in [4.69, 9.17) is 16.3 Å². The quantitative estimate of drug-likeness (QED) is 0.899. The van der Waals surface area contributed by atoms with Crippen molar-refractivity contribution in [1.29, 1.82) is 0 Å². The normalized spacial score (nSPS) is 12.4. The van der Waals surface area contributed by atoms with Gasteiger partial charge in [-0.3, -0.25) is 0 Å². The van der Waals surface area contributed by atoms with Crippen molar-refractivity contribution < 1.29 is 9.13 Å². The highest BCUT2D eigenvalue weighted by Gasteiger charge is 2.14. The third kappa shape index (κ3) is 3.47. The molecular formula is C14H15ClFNOS. The van der Waals surface area contributed by atoms with Crippen LogP contribution in [0.15, 0.2) is 29.6 Å². The number of likely N-dealkylation sites (N-methyl/N-ethyl adjacent to an activating group) is 1. The maximum absolute atomic E-state index is 13.1. The number of hydrogen-bond donors (Lipinski definition) is 1. The lowest BCUT2D eigenvalue weighted by atomic mass is 10.0. The third-order valence-corrected chi connectivity index (χ3v) is 4.26. The van der Waals surface area contributed by atoms with Crippen LogP contribution >= 0.6 is 22.9 Å². The van der Waals surface area contributed by atoms with E-state index >= 15 is 0 Å². The summed E-state index contributed by atoms with van der Waals surface area (Å²) in [4.78, 5) is 1.18. The van der Waals surface area contributed by atoms with E-state index in [2.05, 4.69) is 5.32 Å². The second-order valence-corrected chi connectivity index (χ2v) is 5.53. The number of rotatable bonds is 5. The molecule has 102 valence electrons. The Morgan fingerprint density at radius 2 is 2.21 bits per heavy atom. The first-order chi connectivity index (χ1) is 9.13. The van der Waals surface area contributed by atoms with Crippen LogP contribution in [0, 0.1) is 5.82 Å². The second-order valence-electron chi connectivity index (χ2n) is 4.18. The van der Waals surface area contributed by atoms with Crippen molar-refractivity contribution in [3.8, 4) is 5.75 Å². The van der Waals surface area contributed by atoms with Crippen molar-refractivity contribution in [2.75, 3.05) is 14.2 Å². The van der Waals surface area contributed by atoms with Crippen molar-refractivity contribution in [3.63, 3.8) is 0 Å². The van der Waals surface area contributed by atoms with Gasteiger partial charge in [0.25, 0.3) is 0 Å². The first-order valence-corrected chi connectivity index (χ1v) is 7.13. The van der Waals surface area contributed by atoms with E-state index in [1.54, 1.807) is 30.6 Å². The molecule has 0 aliphatic carbocycles. The largest absolute Gasteiger partial charge is 0.496 e. The van der Waals surface area contributed by atoms with Gasteiger partial charge in [0.1, 0.15) is 11.6 Å². The molecule has 0 aliphatic heterocycles. The maximum atomic E-state index is 13.1. The topological polar surface area (TPSA) is 21.3 Å². The standard InChI is InChI=1S/C14H15ClFNOS/c1-17-13(14-7-10(18-2)8-19-14)6-9-3-4-12(16)11(15)5-9/h3-5,7-8,13,17H,6H2,1-2H3. The Morgan fingerprint density at radius 3 is 2.79 bits per heavy atom. The molecule has 5 heteroatoms. The van der Waals surface area contributed by atoms with Crippen LogP contribution in [0.3, 0.4) is 0 Å². The van der Waals surface area contributed by atoms with E-state index in [9.17, 15) is 4.39 Å². The van der Waals surface area contributed by atoms with Crippen LogP contribution in [-0.4, -0.2) is 14.2 Å². The Morgan fingerprint density at radius 1 is 1.42 bits per heavy atom. The molecule has 0 saturated heterocycles. The van der Waals surface area contributed by atoms with Gasteiger partial charge in [0.15, 0.2) is 0 Å². The first-order valence-electron chi connectivity index (χ1n) is 5.87. The number of hydrogen-bond acceptors (Lipinski definition) is 3. The average Bonchev–Trinajstić information content (AvgIpc) is 2.88. The molecule has 19 heavy (non-hydrogen) atoms. The summed E-state index contributed by atoms with van der Waals surface area (Å²) in [5.41, 5.74) is 0.998. The summed E-state index contributed by atoms with van der Waals surface area (Å²) >= 11 is 7.44. The van der Waals surface area contributed by atoms with Gasteiger partial charge in [-0.05, 0) is 37.2 Å².